The molecule has 0 aromatic rings. The maximum Gasteiger partial charge on any atom is 0.359 e. The second-order valence-corrected chi connectivity index (χ2v) is 10.6. The molecule has 0 aliphatic rings. The van der Waals surface area contributed by atoms with Gasteiger partial charge in [-0.3, -0.25) is 4.79 Å². The van der Waals surface area contributed by atoms with Gasteiger partial charge in [-0.15, -0.1) is 0 Å². The van der Waals surface area contributed by atoms with Crippen LogP contribution in [-0.4, -0.2) is 68.4 Å². The van der Waals surface area contributed by atoms with Crippen LogP contribution in [0, 0.1) is 0 Å². The number of aliphatic carboxylic acids is 1. The van der Waals surface area contributed by atoms with E-state index in [1.165, 1.54) is 83.5 Å². The van der Waals surface area contributed by atoms with Gasteiger partial charge in [0.2, 0.25) is 5.91 Å². The second-order valence-electron chi connectivity index (χ2n) is 10.6. The molecule has 202 valence electrons. The predicted molar refractivity (Wildman–Crippen MR) is 142 cm³/mol. The number of carboxylic acid groups (broad SMARTS) is 1. The Morgan fingerprint density at radius 2 is 1.18 bits per heavy atom. The number of nitrogens with zero attached hydrogens (tertiary/aromatic N) is 1. The predicted octanol–water partition coefficient (Wildman–Crippen LogP) is 6.32. The van der Waals surface area contributed by atoms with Gasteiger partial charge < -0.3 is 19.6 Å². The number of rotatable bonds is 26. The number of amides is 1. The molecule has 1 amide bonds. The van der Waals surface area contributed by atoms with Crippen molar-refractivity contribution in [1.29, 1.82) is 0 Å². The van der Waals surface area contributed by atoms with Gasteiger partial charge in [-0.1, -0.05) is 90.4 Å². The first-order chi connectivity index (χ1) is 16.4. The average molecular weight is 486 g/mol. The van der Waals surface area contributed by atoms with E-state index in [2.05, 4.69) is 12.2 Å². The monoisotopic (exact) mass is 485 g/mol. The van der Waals surface area contributed by atoms with E-state index in [-0.39, 0.29) is 12.5 Å². The molecule has 0 rings (SSSR count). The van der Waals surface area contributed by atoms with Crippen LogP contribution in [0.5, 0.6) is 0 Å². The van der Waals surface area contributed by atoms with Gasteiger partial charge in [0.1, 0.15) is 0 Å². The van der Waals surface area contributed by atoms with E-state index in [4.69, 9.17) is 9.84 Å². The number of likely N-dealkylation sites (N-methyl/N-ethyl adjacent to an activating group) is 1. The first-order valence-electron chi connectivity index (χ1n) is 14.3. The number of carbonyl (C=O) groups is 2. The summed E-state index contributed by atoms with van der Waals surface area (Å²) in [6.45, 7) is 5.31. The fourth-order valence-corrected chi connectivity index (χ4v) is 4.26. The first-order valence-corrected chi connectivity index (χ1v) is 14.3. The van der Waals surface area contributed by atoms with E-state index in [0.717, 1.165) is 45.4 Å². The molecule has 0 radical (unpaired) electrons. The van der Waals surface area contributed by atoms with Crippen molar-refractivity contribution in [2.75, 3.05) is 46.9 Å². The van der Waals surface area contributed by atoms with Crippen LogP contribution >= 0.6 is 0 Å². The van der Waals surface area contributed by atoms with Crippen LogP contribution in [0.2, 0.25) is 0 Å². The highest BCUT2D eigenvalue weighted by Gasteiger charge is 2.18. The van der Waals surface area contributed by atoms with Crippen LogP contribution in [0.3, 0.4) is 0 Å². The minimum Gasteiger partial charge on any atom is -0.477 e. The van der Waals surface area contributed by atoms with Crippen molar-refractivity contribution in [3.8, 4) is 0 Å². The number of nitrogens with one attached hydrogen (secondary N) is 1. The number of carboxylic acids is 1. The van der Waals surface area contributed by atoms with Gasteiger partial charge in [0.15, 0.2) is 6.54 Å². The zero-order valence-electron chi connectivity index (χ0n) is 22.9. The zero-order valence-corrected chi connectivity index (χ0v) is 22.9. The maximum atomic E-state index is 11.9. The van der Waals surface area contributed by atoms with Crippen LogP contribution in [-0.2, 0) is 14.3 Å². The molecule has 0 saturated heterocycles. The average Bonchev–Trinajstić information content (AvgIpc) is 2.77. The first kappa shape index (κ1) is 32.9. The van der Waals surface area contributed by atoms with Gasteiger partial charge in [-0.25, -0.2) is 4.79 Å². The SMILES string of the molecule is CCCCCCCCCCCCCCCCOCCCCC(=O)NCCC[N+](C)(C)CC(=O)O. The summed E-state index contributed by atoms with van der Waals surface area (Å²) >= 11 is 0. The van der Waals surface area contributed by atoms with E-state index in [1.54, 1.807) is 0 Å². The highest BCUT2D eigenvalue weighted by atomic mass is 16.5. The van der Waals surface area contributed by atoms with E-state index >= 15 is 0 Å². The molecule has 0 saturated carbocycles. The van der Waals surface area contributed by atoms with E-state index in [1.807, 2.05) is 14.1 Å². The van der Waals surface area contributed by atoms with Crippen LogP contribution in [0.15, 0.2) is 0 Å². The lowest BCUT2D eigenvalue weighted by atomic mass is 10.0. The molecule has 0 fully saturated rings. The number of ether oxygens (including phenoxy) is 1. The molecule has 0 atom stereocenters. The summed E-state index contributed by atoms with van der Waals surface area (Å²) in [5, 5.41) is 11.8. The lowest BCUT2D eigenvalue weighted by Crippen LogP contribution is -2.45. The van der Waals surface area contributed by atoms with Crippen molar-refractivity contribution in [2.45, 2.75) is 122 Å². The van der Waals surface area contributed by atoms with Gasteiger partial charge in [0.25, 0.3) is 0 Å². The molecule has 0 aromatic heterocycles. The fourth-order valence-electron chi connectivity index (χ4n) is 4.26. The third-order valence-electron chi connectivity index (χ3n) is 6.41. The highest BCUT2D eigenvalue weighted by Crippen LogP contribution is 2.13. The summed E-state index contributed by atoms with van der Waals surface area (Å²) in [5.41, 5.74) is 0. The number of hydrogen-bond acceptors (Lipinski definition) is 3. The Bertz CT molecular complexity index is 483. The van der Waals surface area contributed by atoms with Crippen molar-refractivity contribution in [2.24, 2.45) is 0 Å². The largest absolute Gasteiger partial charge is 0.477 e. The fraction of sp³-hybridized carbons (Fsp3) is 0.929. The molecule has 0 heterocycles. The third kappa shape index (κ3) is 25.5. The Kier molecular flexibility index (Phi) is 22.8. The van der Waals surface area contributed by atoms with Crippen LogP contribution in [0.1, 0.15) is 122 Å². The van der Waals surface area contributed by atoms with Gasteiger partial charge >= 0.3 is 5.97 Å². The Labute approximate surface area is 210 Å². The summed E-state index contributed by atoms with van der Waals surface area (Å²) in [7, 11) is 3.79. The van der Waals surface area contributed by atoms with E-state index in [9.17, 15) is 9.59 Å². The van der Waals surface area contributed by atoms with Gasteiger partial charge in [0.05, 0.1) is 20.6 Å². The molecule has 0 spiro atoms. The number of quaternary nitrogens is 1. The summed E-state index contributed by atoms with van der Waals surface area (Å²) in [6, 6.07) is 0. The molecule has 0 unspecified atom stereocenters. The summed E-state index contributed by atoms with van der Waals surface area (Å²) in [4.78, 5) is 22.7. The Balaban J connectivity index is 3.26. The topological polar surface area (TPSA) is 75.6 Å². The van der Waals surface area contributed by atoms with Crippen molar-refractivity contribution in [3.63, 3.8) is 0 Å². The minimum atomic E-state index is -0.791. The van der Waals surface area contributed by atoms with Crippen LogP contribution < -0.4 is 5.32 Å². The lowest BCUT2D eigenvalue weighted by molar-refractivity contribution is -0.883. The van der Waals surface area contributed by atoms with Gasteiger partial charge in [0, 0.05) is 32.6 Å². The molecule has 2 N–H and O–H groups in total. The Hall–Kier alpha value is -1.14. The van der Waals surface area contributed by atoms with E-state index < -0.39 is 5.97 Å². The molecule has 0 aliphatic heterocycles. The molecular weight excluding hydrogens is 428 g/mol. The summed E-state index contributed by atoms with van der Waals surface area (Å²) in [5.74, 6) is -0.712. The quantitative estimate of drug-likeness (QED) is 0.111. The molecule has 0 aliphatic carbocycles. The van der Waals surface area contributed by atoms with Crippen molar-refractivity contribution in [1.82, 2.24) is 5.32 Å². The van der Waals surface area contributed by atoms with Crippen molar-refractivity contribution >= 4 is 11.9 Å². The Morgan fingerprint density at radius 1 is 0.706 bits per heavy atom. The normalized spacial score (nSPS) is 11.6. The van der Waals surface area contributed by atoms with Gasteiger partial charge in [-0.2, -0.15) is 0 Å². The summed E-state index contributed by atoms with van der Waals surface area (Å²) in [6.07, 6.45) is 22.3. The standard InChI is InChI=1S/C28H56N2O4/c1-4-5-6-7-8-9-10-11-12-13-14-15-16-18-24-34-25-19-17-21-27(31)29-22-20-23-30(2,3)26-28(32)33/h4-26H2,1-3H3,(H-,29,31,32,33)/p+1. The molecule has 6 nitrogen and oxygen atoms in total. The highest BCUT2D eigenvalue weighted by molar-refractivity contribution is 5.75. The zero-order chi connectivity index (χ0) is 25.3. The van der Waals surface area contributed by atoms with Crippen molar-refractivity contribution in [3.05, 3.63) is 0 Å². The lowest BCUT2D eigenvalue weighted by Gasteiger charge is -2.27. The van der Waals surface area contributed by atoms with Crippen LogP contribution in [0.25, 0.3) is 0 Å². The Morgan fingerprint density at radius 3 is 1.68 bits per heavy atom. The molecule has 34 heavy (non-hydrogen) atoms. The smallest absolute Gasteiger partial charge is 0.359 e. The number of hydrogen-bond donors (Lipinski definition) is 2. The molecule has 0 bridgehead atoms. The van der Waals surface area contributed by atoms with Gasteiger partial charge in [-0.05, 0) is 19.3 Å². The molecule has 6 heteroatoms. The molecule has 0 aromatic carbocycles. The van der Waals surface area contributed by atoms with E-state index in [0.29, 0.717) is 17.4 Å². The minimum absolute atomic E-state index is 0.0792. The third-order valence-corrected chi connectivity index (χ3v) is 6.41. The second kappa shape index (κ2) is 23.6. The summed E-state index contributed by atoms with van der Waals surface area (Å²) < 4.78 is 6.14. The van der Waals surface area contributed by atoms with Crippen LogP contribution in [0.4, 0.5) is 0 Å². The maximum absolute atomic E-state index is 11.9. The molecular formula is C28H57N2O4+. The number of carbonyl (C=O) groups excluding carboxylic acids is 1. The number of unbranched alkanes of at least 4 members (excludes halogenated alkanes) is 14. The van der Waals surface area contributed by atoms with Crippen molar-refractivity contribution < 1.29 is 23.9 Å².